The molecule has 0 unspecified atom stereocenters. The molecule has 0 atom stereocenters. The lowest BCUT2D eigenvalue weighted by Gasteiger charge is -1.97. The second kappa shape index (κ2) is 2.92. The molecular weight excluding hydrogens is 171 g/mol. The third-order valence-corrected chi connectivity index (χ3v) is 1.28. The predicted octanol–water partition coefficient (Wildman–Crippen LogP) is 1.78. The summed E-state index contributed by atoms with van der Waals surface area (Å²) >= 11 is 0. The molecule has 0 amide bonds. The van der Waals surface area contributed by atoms with Gasteiger partial charge in [0.15, 0.2) is 11.6 Å². The lowest BCUT2D eigenvalue weighted by Crippen LogP contribution is -2.01. The maximum absolute atomic E-state index is 12.5. The van der Waals surface area contributed by atoms with Crippen LogP contribution in [-0.4, -0.2) is 11.0 Å². The molecule has 0 N–H and O–H groups in total. The van der Waals surface area contributed by atoms with Crippen LogP contribution >= 0.6 is 0 Å². The Hall–Kier alpha value is -1.39. The van der Waals surface area contributed by atoms with Crippen LogP contribution in [0.1, 0.15) is 16.2 Å². The number of aromatic nitrogens is 1. The van der Waals surface area contributed by atoms with Gasteiger partial charge in [0.05, 0.1) is 5.69 Å². The predicted molar refractivity (Wildman–Crippen MR) is 34.3 cm³/mol. The van der Waals surface area contributed by atoms with E-state index in [4.69, 9.17) is 0 Å². The summed E-state index contributed by atoms with van der Waals surface area (Å²) in [5, 5.41) is 0. The molecule has 0 aromatic carbocycles. The van der Waals surface area contributed by atoms with Crippen molar-refractivity contribution in [1.29, 1.82) is 0 Å². The summed E-state index contributed by atoms with van der Waals surface area (Å²) in [6, 6.07) is -1.46. The maximum atomic E-state index is 12.5. The van der Waals surface area contributed by atoms with Crippen LogP contribution in [0.3, 0.4) is 0 Å². The first kappa shape index (κ1) is 8.70. The summed E-state index contributed by atoms with van der Waals surface area (Å²) in [5.41, 5.74) is -1.05. The first-order chi connectivity index (χ1) is 5.52. The van der Waals surface area contributed by atoms with Crippen molar-refractivity contribution >= 4 is 6.04 Å². The zero-order chi connectivity index (χ0) is 9.30. The van der Waals surface area contributed by atoms with Crippen molar-refractivity contribution < 1.29 is 18.0 Å². The van der Waals surface area contributed by atoms with Crippen LogP contribution in [-0.2, 0) is 0 Å². The highest BCUT2D eigenvalue weighted by atomic mass is 19.2. The van der Waals surface area contributed by atoms with Crippen LogP contribution in [0.4, 0.5) is 13.2 Å². The standard InChI is InChI=1S/C7H4F3NO/c1-3-6(9)4(8)2-5(11-3)7(10)12/h2H,1H3. The largest absolute Gasteiger partial charge is 0.350 e. The molecule has 0 bridgehead atoms. The van der Waals surface area contributed by atoms with E-state index in [9.17, 15) is 18.0 Å². The Balaban J connectivity index is 3.31. The van der Waals surface area contributed by atoms with Crippen LogP contribution in [0, 0.1) is 18.6 Å². The molecule has 1 heterocycles. The van der Waals surface area contributed by atoms with Gasteiger partial charge in [-0.05, 0) is 6.92 Å². The van der Waals surface area contributed by atoms with E-state index >= 15 is 0 Å². The van der Waals surface area contributed by atoms with Gasteiger partial charge in [0.2, 0.25) is 0 Å². The number of hydrogen-bond donors (Lipinski definition) is 0. The summed E-state index contributed by atoms with van der Waals surface area (Å²) < 4.78 is 36.9. The number of hydrogen-bond acceptors (Lipinski definition) is 2. The SMILES string of the molecule is Cc1nc(C(=O)F)cc(F)c1F. The first-order valence-electron chi connectivity index (χ1n) is 3.05. The van der Waals surface area contributed by atoms with Crippen LogP contribution in [0.2, 0.25) is 0 Å². The van der Waals surface area contributed by atoms with Gasteiger partial charge < -0.3 is 0 Å². The Kier molecular flexibility index (Phi) is 2.12. The topological polar surface area (TPSA) is 30.0 Å². The van der Waals surface area contributed by atoms with Crippen LogP contribution in [0.15, 0.2) is 6.07 Å². The summed E-state index contributed by atoms with van der Waals surface area (Å²) in [6.45, 7) is 1.14. The Labute approximate surface area is 66.0 Å². The van der Waals surface area contributed by atoms with Gasteiger partial charge in [-0.2, -0.15) is 4.39 Å². The molecule has 1 rings (SSSR count). The molecule has 0 fully saturated rings. The number of aryl methyl sites for hydroxylation is 1. The number of carbonyl (C=O) groups excluding carboxylic acids is 1. The van der Waals surface area contributed by atoms with Gasteiger partial charge in [-0.1, -0.05) is 0 Å². The third-order valence-electron chi connectivity index (χ3n) is 1.28. The minimum Gasteiger partial charge on any atom is -0.254 e. The summed E-state index contributed by atoms with van der Waals surface area (Å²) in [4.78, 5) is 13.2. The zero-order valence-corrected chi connectivity index (χ0v) is 6.07. The van der Waals surface area contributed by atoms with Gasteiger partial charge in [-0.15, -0.1) is 0 Å². The molecule has 1 aromatic rings. The van der Waals surface area contributed by atoms with Crippen molar-refractivity contribution in [2.45, 2.75) is 6.92 Å². The van der Waals surface area contributed by atoms with E-state index in [1.54, 1.807) is 0 Å². The van der Waals surface area contributed by atoms with Crippen molar-refractivity contribution in [3.8, 4) is 0 Å². The molecule has 64 valence electrons. The highest BCUT2D eigenvalue weighted by Gasteiger charge is 2.13. The summed E-state index contributed by atoms with van der Waals surface area (Å²) in [7, 11) is 0. The molecule has 0 aliphatic carbocycles. The number of pyridine rings is 1. The lowest BCUT2D eigenvalue weighted by atomic mass is 10.3. The highest BCUT2D eigenvalue weighted by molar-refractivity contribution is 5.86. The molecule has 0 radical (unpaired) electrons. The quantitative estimate of drug-likeness (QED) is 0.609. The molecule has 0 saturated carbocycles. The fourth-order valence-electron chi connectivity index (χ4n) is 0.719. The van der Waals surface area contributed by atoms with E-state index in [1.165, 1.54) is 0 Å². The normalized spacial score (nSPS) is 10.0. The maximum Gasteiger partial charge on any atom is 0.350 e. The van der Waals surface area contributed by atoms with Gasteiger partial charge in [0.1, 0.15) is 5.69 Å². The Morgan fingerprint density at radius 3 is 2.50 bits per heavy atom. The van der Waals surface area contributed by atoms with E-state index in [0.29, 0.717) is 6.07 Å². The molecular formula is C7H4F3NO. The van der Waals surface area contributed by atoms with Crippen molar-refractivity contribution in [3.05, 3.63) is 29.1 Å². The van der Waals surface area contributed by atoms with Gasteiger partial charge in [-0.25, -0.2) is 13.8 Å². The van der Waals surface area contributed by atoms with E-state index in [2.05, 4.69) is 4.98 Å². The molecule has 0 aliphatic heterocycles. The van der Waals surface area contributed by atoms with Gasteiger partial charge in [0, 0.05) is 6.07 Å². The molecule has 1 aromatic heterocycles. The second-order valence-corrected chi connectivity index (χ2v) is 2.16. The van der Waals surface area contributed by atoms with E-state index in [1.807, 2.05) is 0 Å². The average Bonchev–Trinajstić information content (AvgIpc) is 1.99. The van der Waals surface area contributed by atoms with Crippen molar-refractivity contribution in [1.82, 2.24) is 4.98 Å². The summed E-state index contributed by atoms with van der Waals surface area (Å²) in [5.74, 6) is -2.44. The molecule has 5 heteroatoms. The minimum atomic E-state index is -1.88. The van der Waals surface area contributed by atoms with Crippen LogP contribution in [0.25, 0.3) is 0 Å². The Morgan fingerprint density at radius 1 is 1.50 bits per heavy atom. The molecule has 2 nitrogen and oxygen atoms in total. The van der Waals surface area contributed by atoms with Gasteiger partial charge in [-0.3, -0.25) is 4.79 Å². The molecule has 0 saturated heterocycles. The van der Waals surface area contributed by atoms with E-state index in [-0.39, 0.29) is 5.69 Å². The number of carbonyl (C=O) groups is 1. The Bertz CT molecular complexity index is 314. The summed E-state index contributed by atoms with van der Waals surface area (Å²) in [6.07, 6.45) is 0. The zero-order valence-electron chi connectivity index (χ0n) is 6.07. The molecule has 12 heavy (non-hydrogen) atoms. The number of halogens is 3. The highest BCUT2D eigenvalue weighted by Crippen LogP contribution is 2.10. The molecule has 0 spiro atoms. The van der Waals surface area contributed by atoms with Crippen LogP contribution < -0.4 is 0 Å². The number of rotatable bonds is 1. The second-order valence-electron chi connectivity index (χ2n) is 2.16. The monoisotopic (exact) mass is 175 g/mol. The van der Waals surface area contributed by atoms with E-state index < -0.39 is 23.4 Å². The van der Waals surface area contributed by atoms with Gasteiger partial charge >= 0.3 is 6.04 Å². The smallest absolute Gasteiger partial charge is 0.254 e. The van der Waals surface area contributed by atoms with Crippen LogP contribution in [0.5, 0.6) is 0 Å². The minimum absolute atomic E-state index is 0.337. The first-order valence-corrected chi connectivity index (χ1v) is 3.05. The third kappa shape index (κ3) is 1.44. The van der Waals surface area contributed by atoms with Gasteiger partial charge in [0.25, 0.3) is 0 Å². The van der Waals surface area contributed by atoms with Crippen molar-refractivity contribution in [2.75, 3.05) is 0 Å². The fraction of sp³-hybridized carbons (Fsp3) is 0.143. The fourth-order valence-corrected chi connectivity index (χ4v) is 0.719. The average molecular weight is 175 g/mol. The van der Waals surface area contributed by atoms with Crippen molar-refractivity contribution in [2.24, 2.45) is 0 Å². The number of nitrogens with zero attached hydrogens (tertiary/aromatic N) is 1. The lowest BCUT2D eigenvalue weighted by molar-refractivity contribution is 0.0829. The molecule has 0 aliphatic rings. The van der Waals surface area contributed by atoms with Crippen molar-refractivity contribution in [3.63, 3.8) is 0 Å². The van der Waals surface area contributed by atoms with E-state index in [0.717, 1.165) is 6.92 Å². The Morgan fingerprint density at radius 2 is 2.08 bits per heavy atom.